The summed E-state index contributed by atoms with van der Waals surface area (Å²) < 4.78 is 12.2. The van der Waals surface area contributed by atoms with E-state index in [0.717, 1.165) is 12.8 Å². The van der Waals surface area contributed by atoms with Gasteiger partial charge in [-0.05, 0) is 19.1 Å². The molecular weight excluding hydrogens is 286 g/mol. The van der Waals surface area contributed by atoms with Crippen molar-refractivity contribution in [2.24, 2.45) is 0 Å². The molecule has 0 aromatic carbocycles. The van der Waals surface area contributed by atoms with Crippen molar-refractivity contribution in [2.45, 2.75) is 31.7 Å². The molecule has 0 radical (unpaired) electrons. The van der Waals surface area contributed by atoms with Crippen LogP contribution in [0.4, 0.5) is 0 Å². The van der Waals surface area contributed by atoms with Crippen LogP contribution < -0.4 is 0 Å². The van der Waals surface area contributed by atoms with E-state index in [1.807, 2.05) is 11.8 Å². The molecule has 2 fully saturated rings. The summed E-state index contributed by atoms with van der Waals surface area (Å²) in [6, 6.07) is 3.54. The molecule has 19 heavy (non-hydrogen) atoms. The molecule has 0 bridgehead atoms. The van der Waals surface area contributed by atoms with E-state index in [9.17, 15) is 4.79 Å². The van der Waals surface area contributed by atoms with Crippen molar-refractivity contribution in [3.8, 4) is 0 Å². The predicted octanol–water partition coefficient (Wildman–Crippen LogP) is 2.77. The predicted molar refractivity (Wildman–Crippen MR) is 73.7 cm³/mol. The molecule has 3 rings (SSSR count). The maximum Gasteiger partial charge on any atom is 0.263 e. The van der Waals surface area contributed by atoms with E-state index in [2.05, 4.69) is 0 Å². The first kappa shape index (κ1) is 13.4. The van der Waals surface area contributed by atoms with Crippen molar-refractivity contribution in [3.63, 3.8) is 0 Å². The van der Waals surface area contributed by atoms with E-state index < -0.39 is 5.79 Å². The average Bonchev–Trinajstić information content (AvgIpc) is 2.97. The van der Waals surface area contributed by atoms with Gasteiger partial charge in [0.15, 0.2) is 5.79 Å². The van der Waals surface area contributed by atoms with Crippen molar-refractivity contribution >= 4 is 28.8 Å². The van der Waals surface area contributed by atoms with Gasteiger partial charge in [0.05, 0.1) is 21.9 Å². The lowest BCUT2D eigenvalue weighted by Gasteiger charge is -2.37. The first-order valence-electron chi connectivity index (χ1n) is 6.44. The number of amides is 1. The van der Waals surface area contributed by atoms with Gasteiger partial charge in [-0.15, -0.1) is 11.3 Å². The fraction of sp³-hybridized carbons (Fsp3) is 0.615. The van der Waals surface area contributed by atoms with Gasteiger partial charge in [0.25, 0.3) is 5.91 Å². The molecule has 2 saturated heterocycles. The van der Waals surface area contributed by atoms with Gasteiger partial charge in [0.2, 0.25) is 0 Å². The molecule has 4 nitrogen and oxygen atoms in total. The lowest BCUT2D eigenvalue weighted by Crippen LogP contribution is -2.47. The Morgan fingerprint density at radius 1 is 1.47 bits per heavy atom. The van der Waals surface area contributed by atoms with Crippen LogP contribution in [0.15, 0.2) is 12.1 Å². The number of hydrogen-bond acceptors (Lipinski definition) is 4. The maximum absolute atomic E-state index is 12.3. The number of piperidine rings is 1. The summed E-state index contributed by atoms with van der Waals surface area (Å²) in [4.78, 5) is 14.8. The summed E-state index contributed by atoms with van der Waals surface area (Å²) in [5, 5.41) is 0. The quantitative estimate of drug-likeness (QED) is 0.800. The molecule has 3 heterocycles. The Morgan fingerprint density at radius 3 is 2.74 bits per heavy atom. The first-order valence-corrected chi connectivity index (χ1v) is 7.64. The Labute approximate surface area is 121 Å². The number of nitrogens with zero attached hydrogens (tertiary/aromatic N) is 1. The fourth-order valence-electron chi connectivity index (χ4n) is 2.60. The second-order valence-electron chi connectivity index (χ2n) is 5.05. The number of carbonyl (C=O) groups excluding carboxylic acids is 1. The first-order chi connectivity index (χ1) is 9.08. The highest BCUT2D eigenvalue weighted by Crippen LogP contribution is 2.34. The summed E-state index contributed by atoms with van der Waals surface area (Å²) >= 11 is 7.19. The smallest absolute Gasteiger partial charge is 0.263 e. The Bertz CT molecular complexity index is 482. The highest BCUT2D eigenvalue weighted by molar-refractivity contribution is 7.17. The number of halogens is 1. The van der Waals surface area contributed by atoms with Crippen LogP contribution in [0.2, 0.25) is 4.34 Å². The topological polar surface area (TPSA) is 38.8 Å². The summed E-state index contributed by atoms with van der Waals surface area (Å²) in [6.07, 6.45) is 1.63. The molecule has 104 valence electrons. The zero-order valence-electron chi connectivity index (χ0n) is 10.7. The van der Waals surface area contributed by atoms with Gasteiger partial charge in [-0.3, -0.25) is 4.79 Å². The third kappa shape index (κ3) is 2.65. The minimum atomic E-state index is -0.455. The molecule has 1 aromatic rings. The van der Waals surface area contributed by atoms with Crippen LogP contribution in [0.3, 0.4) is 0 Å². The summed E-state index contributed by atoms with van der Waals surface area (Å²) in [5.41, 5.74) is 0. The van der Waals surface area contributed by atoms with Gasteiger partial charge < -0.3 is 14.4 Å². The number of ether oxygens (including phenoxy) is 2. The molecule has 2 aliphatic rings. The lowest BCUT2D eigenvalue weighted by atomic mass is 10.0. The van der Waals surface area contributed by atoms with E-state index in [-0.39, 0.29) is 12.0 Å². The molecule has 0 aliphatic carbocycles. The zero-order chi connectivity index (χ0) is 13.5. The molecule has 1 spiro atoms. The highest BCUT2D eigenvalue weighted by Gasteiger charge is 2.43. The van der Waals surface area contributed by atoms with Gasteiger partial charge in [-0.2, -0.15) is 0 Å². The second kappa shape index (κ2) is 5.05. The molecule has 0 unspecified atom stereocenters. The van der Waals surface area contributed by atoms with Crippen LogP contribution in [0.5, 0.6) is 0 Å². The van der Waals surface area contributed by atoms with Crippen LogP contribution in [0, 0.1) is 0 Å². The van der Waals surface area contributed by atoms with E-state index in [1.54, 1.807) is 12.1 Å². The molecule has 1 amide bonds. The van der Waals surface area contributed by atoms with E-state index in [0.29, 0.717) is 28.9 Å². The zero-order valence-corrected chi connectivity index (χ0v) is 12.3. The Kier molecular flexibility index (Phi) is 3.55. The summed E-state index contributed by atoms with van der Waals surface area (Å²) in [5.74, 6) is -0.402. The highest BCUT2D eigenvalue weighted by atomic mass is 35.5. The largest absolute Gasteiger partial charge is 0.347 e. The monoisotopic (exact) mass is 301 g/mol. The summed E-state index contributed by atoms with van der Waals surface area (Å²) in [7, 11) is 0. The van der Waals surface area contributed by atoms with E-state index in [4.69, 9.17) is 21.1 Å². The molecule has 0 saturated carbocycles. The SMILES string of the molecule is C[C@H]1COC2(CCN(C(=O)c3ccc(Cl)s3)CC2)O1. The van der Waals surface area contributed by atoms with E-state index in [1.165, 1.54) is 11.3 Å². The second-order valence-corrected chi connectivity index (χ2v) is 6.76. The van der Waals surface area contributed by atoms with Gasteiger partial charge in [0, 0.05) is 25.9 Å². The molecule has 6 heteroatoms. The number of thiophene rings is 1. The Morgan fingerprint density at radius 2 is 2.21 bits per heavy atom. The number of carbonyl (C=O) groups is 1. The van der Waals surface area contributed by atoms with Crippen molar-refractivity contribution in [2.75, 3.05) is 19.7 Å². The average molecular weight is 302 g/mol. The molecule has 0 N–H and O–H groups in total. The number of hydrogen-bond donors (Lipinski definition) is 0. The van der Waals surface area contributed by atoms with E-state index >= 15 is 0 Å². The number of rotatable bonds is 1. The Balaban J connectivity index is 1.62. The van der Waals surface area contributed by atoms with Crippen LogP contribution in [0.1, 0.15) is 29.4 Å². The van der Waals surface area contributed by atoms with Gasteiger partial charge in [-0.25, -0.2) is 0 Å². The maximum atomic E-state index is 12.3. The third-order valence-electron chi connectivity index (χ3n) is 3.59. The van der Waals surface area contributed by atoms with Crippen molar-refractivity contribution in [3.05, 3.63) is 21.3 Å². The molecule has 2 aliphatic heterocycles. The number of likely N-dealkylation sites (tertiary alicyclic amines) is 1. The van der Waals surface area contributed by atoms with Crippen LogP contribution >= 0.6 is 22.9 Å². The van der Waals surface area contributed by atoms with Crippen molar-refractivity contribution in [1.29, 1.82) is 0 Å². The Hall–Kier alpha value is -0.620. The molecule has 1 aromatic heterocycles. The van der Waals surface area contributed by atoms with Crippen LogP contribution in [-0.2, 0) is 9.47 Å². The minimum Gasteiger partial charge on any atom is -0.347 e. The summed E-state index contributed by atoms with van der Waals surface area (Å²) in [6.45, 7) is 4.00. The standard InChI is InChI=1S/C13H16ClNO3S/c1-9-8-17-13(18-9)4-6-15(7-5-13)12(16)10-2-3-11(14)19-10/h2-3,9H,4-8H2,1H3/t9-/m0/s1. The fourth-order valence-corrected chi connectivity index (χ4v) is 3.61. The van der Waals surface area contributed by atoms with Gasteiger partial charge in [0.1, 0.15) is 0 Å². The third-order valence-corrected chi connectivity index (χ3v) is 4.81. The molecular formula is C13H16ClNO3S. The molecule has 1 atom stereocenters. The van der Waals surface area contributed by atoms with Gasteiger partial charge in [-0.1, -0.05) is 11.6 Å². The van der Waals surface area contributed by atoms with Crippen molar-refractivity contribution < 1.29 is 14.3 Å². The van der Waals surface area contributed by atoms with Crippen molar-refractivity contribution in [1.82, 2.24) is 4.90 Å². The minimum absolute atomic E-state index is 0.0535. The lowest BCUT2D eigenvalue weighted by molar-refractivity contribution is -0.189. The van der Waals surface area contributed by atoms with Crippen LogP contribution in [0.25, 0.3) is 0 Å². The normalized spacial score (nSPS) is 26.0. The van der Waals surface area contributed by atoms with Crippen LogP contribution in [-0.4, -0.2) is 42.4 Å². The van der Waals surface area contributed by atoms with Gasteiger partial charge >= 0.3 is 0 Å².